The second kappa shape index (κ2) is 10.4. The van der Waals surface area contributed by atoms with E-state index in [0.717, 1.165) is 4.70 Å². The van der Waals surface area contributed by atoms with E-state index in [1.807, 2.05) is 18.2 Å². The first-order valence-electron chi connectivity index (χ1n) is 10.1. The molecule has 34 heavy (non-hydrogen) atoms. The average Bonchev–Trinajstić information content (AvgIpc) is 3.28. The molecular formula is C24H18N4O5S. The van der Waals surface area contributed by atoms with Crippen molar-refractivity contribution in [1.29, 1.82) is 0 Å². The number of benzene rings is 3. The van der Waals surface area contributed by atoms with E-state index in [1.165, 1.54) is 29.7 Å². The van der Waals surface area contributed by atoms with E-state index in [9.17, 15) is 19.7 Å². The summed E-state index contributed by atoms with van der Waals surface area (Å²) in [7, 11) is 0. The van der Waals surface area contributed by atoms with Crippen LogP contribution in [0, 0.1) is 10.1 Å². The number of hydrogen-bond acceptors (Lipinski definition) is 7. The summed E-state index contributed by atoms with van der Waals surface area (Å²) in [4.78, 5) is 35.1. The number of para-hydroxylation sites is 1. The Morgan fingerprint density at radius 3 is 2.53 bits per heavy atom. The summed E-state index contributed by atoms with van der Waals surface area (Å²) in [6.07, 6.45) is 1.47. The molecule has 0 unspecified atom stereocenters. The second-order valence-electron chi connectivity index (χ2n) is 7.06. The van der Waals surface area contributed by atoms with Crippen LogP contribution < -0.4 is 15.5 Å². The number of hydrogen-bond donors (Lipinski definition) is 2. The largest absolute Gasteiger partial charge is 0.484 e. The van der Waals surface area contributed by atoms with Crippen molar-refractivity contribution in [3.05, 3.63) is 99.4 Å². The monoisotopic (exact) mass is 474 g/mol. The highest BCUT2D eigenvalue weighted by Crippen LogP contribution is 2.28. The van der Waals surface area contributed by atoms with Crippen LogP contribution in [0.25, 0.3) is 10.1 Å². The van der Waals surface area contributed by atoms with E-state index in [2.05, 4.69) is 15.8 Å². The first-order chi connectivity index (χ1) is 16.5. The predicted molar refractivity (Wildman–Crippen MR) is 131 cm³/mol. The molecule has 0 radical (unpaired) electrons. The average molecular weight is 474 g/mol. The van der Waals surface area contributed by atoms with Gasteiger partial charge in [-0.3, -0.25) is 19.7 Å². The van der Waals surface area contributed by atoms with Crippen LogP contribution in [0.15, 0.2) is 84.0 Å². The number of fused-ring (bicyclic) bond motifs is 1. The van der Waals surface area contributed by atoms with Gasteiger partial charge in [0, 0.05) is 27.9 Å². The lowest BCUT2D eigenvalue weighted by molar-refractivity contribution is -0.384. The fourth-order valence-electron chi connectivity index (χ4n) is 2.99. The summed E-state index contributed by atoms with van der Waals surface area (Å²) in [6.45, 7) is -0.128. The van der Waals surface area contributed by atoms with Crippen LogP contribution in [0.1, 0.15) is 15.2 Å². The van der Waals surface area contributed by atoms with Crippen molar-refractivity contribution in [2.24, 2.45) is 5.10 Å². The molecule has 0 saturated carbocycles. The number of nitrogens with one attached hydrogen (secondary N) is 2. The van der Waals surface area contributed by atoms with Gasteiger partial charge in [-0.05, 0) is 54.1 Å². The maximum Gasteiger partial charge on any atom is 0.281 e. The topological polar surface area (TPSA) is 123 Å². The molecule has 9 nitrogen and oxygen atoms in total. The van der Waals surface area contributed by atoms with Gasteiger partial charge in [-0.15, -0.1) is 11.3 Å². The Morgan fingerprint density at radius 2 is 1.79 bits per heavy atom. The van der Waals surface area contributed by atoms with Crippen molar-refractivity contribution in [3.63, 3.8) is 0 Å². The van der Waals surface area contributed by atoms with E-state index in [4.69, 9.17) is 4.74 Å². The Labute approximate surface area is 197 Å². The number of ether oxygens (including phenoxy) is 1. The molecule has 10 heteroatoms. The third-order valence-electron chi connectivity index (χ3n) is 4.62. The molecule has 1 heterocycles. The number of nitrogens with zero attached hydrogens (tertiary/aromatic N) is 2. The van der Waals surface area contributed by atoms with Crippen LogP contribution in [0.3, 0.4) is 0 Å². The molecule has 0 fully saturated rings. The lowest BCUT2D eigenvalue weighted by atomic mass is 10.2. The van der Waals surface area contributed by atoms with Crippen molar-refractivity contribution in [1.82, 2.24) is 5.43 Å². The minimum absolute atomic E-state index is 0.0282. The van der Waals surface area contributed by atoms with Gasteiger partial charge in [0.05, 0.1) is 16.0 Å². The molecule has 2 N–H and O–H groups in total. The number of rotatable bonds is 8. The van der Waals surface area contributed by atoms with Crippen molar-refractivity contribution in [3.8, 4) is 5.75 Å². The summed E-state index contributed by atoms with van der Waals surface area (Å²) in [5, 5.41) is 18.2. The third kappa shape index (κ3) is 5.81. The molecule has 4 aromatic rings. The van der Waals surface area contributed by atoms with Crippen molar-refractivity contribution < 1.29 is 19.2 Å². The van der Waals surface area contributed by atoms with E-state index >= 15 is 0 Å². The third-order valence-corrected chi connectivity index (χ3v) is 5.74. The lowest BCUT2D eigenvalue weighted by Gasteiger charge is -2.07. The summed E-state index contributed by atoms with van der Waals surface area (Å²) in [5.41, 5.74) is 3.83. The predicted octanol–water partition coefficient (Wildman–Crippen LogP) is 4.59. The molecule has 3 aromatic carbocycles. The number of carbonyl (C=O) groups excluding carboxylic acids is 2. The number of carbonyl (C=O) groups is 2. The van der Waals surface area contributed by atoms with Crippen LogP contribution in [0.5, 0.6) is 5.75 Å². The van der Waals surface area contributed by atoms with Crippen LogP contribution in [-0.2, 0) is 4.79 Å². The molecule has 0 atom stereocenters. The molecular weight excluding hydrogens is 456 g/mol. The minimum atomic E-state index is -0.475. The van der Waals surface area contributed by atoms with Gasteiger partial charge in [0.25, 0.3) is 17.5 Å². The molecule has 170 valence electrons. The maximum absolute atomic E-state index is 12.4. The summed E-state index contributed by atoms with van der Waals surface area (Å²) >= 11 is 1.22. The zero-order valence-electron chi connectivity index (χ0n) is 17.6. The molecule has 2 amide bonds. The Hall–Kier alpha value is -4.57. The quantitative estimate of drug-likeness (QED) is 0.220. The van der Waals surface area contributed by atoms with Crippen LogP contribution >= 0.6 is 11.3 Å². The van der Waals surface area contributed by atoms with E-state index < -0.39 is 10.8 Å². The highest BCUT2D eigenvalue weighted by Gasteiger charge is 2.13. The molecule has 0 bridgehead atoms. The number of hydrazone groups is 1. The molecule has 0 aliphatic rings. The van der Waals surface area contributed by atoms with E-state index in [1.54, 1.807) is 48.5 Å². The summed E-state index contributed by atoms with van der Waals surface area (Å²) in [6, 6.07) is 22.0. The number of amides is 2. The fourth-order valence-corrected chi connectivity index (χ4v) is 3.93. The Balaban J connectivity index is 1.28. The van der Waals surface area contributed by atoms with Crippen LogP contribution in [-0.4, -0.2) is 29.6 Å². The summed E-state index contributed by atoms with van der Waals surface area (Å²) < 4.78 is 6.25. The molecule has 4 rings (SSSR count). The zero-order valence-corrected chi connectivity index (χ0v) is 18.5. The lowest BCUT2D eigenvalue weighted by Crippen LogP contribution is -2.20. The molecule has 0 aliphatic heterocycles. The van der Waals surface area contributed by atoms with Gasteiger partial charge in [0.1, 0.15) is 5.75 Å². The van der Waals surface area contributed by atoms with Crippen LogP contribution in [0.2, 0.25) is 0 Å². The van der Waals surface area contributed by atoms with Gasteiger partial charge in [-0.25, -0.2) is 5.43 Å². The molecule has 1 aromatic heterocycles. The maximum atomic E-state index is 12.4. The molecule has 0 aliphatic carbocycles. The number of nitro groups is 1. The number of thiophene rings is 1. The number of nitro benzene ring substituents is 1. The number of anilines is 1. The van der Waals surface area contributed by atoms with Gasteiger partial charge in [-0.1, -0.05) is 18.2 Å². The van der Waals surface area contributed by atoms with E-state index in [-0.39, 0.29) is 18.2 Å². The highest BCUT2D eigenvalue weighted by atomic mass is 32.1. The van der Waals surface area contributed by atoms with E-state index in [0.29, 0.717) is 27.3 Å². The standard InChI is InChI=1S/C24H18N4O5S/c29-23(26-18-4-2-1-3-5-18)15-33-20-9-6-16(7-10-20)14-25-27-24(30)22-13-17-12-19(28(31)32)8-11-21(17)34-22/h1-14H,15H2,(H,26,29)(H,27,30). The molecule has 0 spiro atoms. The van der Waals surface area contributed by atoms with Gasteiger partial charge < -0.3 is 10.1 Å². The number of non-ortho nitro benzene ring substituents is 1. The minimum Gasteiger partial charge on any atom is -0.484 e. The van der Waals surface area contributed by atoms with Gasteiger partial charge >= 0.3 is 0 Å². The van der Waals surface area contributed by atoms with Gasteiger partial charge in [-0.2, -0.15) is 5.10 Å². The Kier molecular flexibility index (Phi) is 6.89. The molecule has 0 saturated heterocycles. The van der Waals surface area contributed by atoms with Gasteiger partial charge in [0.15, 0.2) is 6.61 Å². The SMILES string of the molecule is O=C(COc1ccc(C=NNC(=O)c2cc3cc([N+](=O)[O-])ccc3s2)cc1)Nc1ccccc1. The van der Waals surface area contributed by atoms with Crippen LogP contribution in [0.4, 0.5) is 11.4 Å². The normalized spacial score (nSPS) is 10.8. The second-order valence-corrected chi connectivity index (χ2v) is 8.14. The van der Waals surface area contributed by atoms with Crippen molar-refractivity contribution >= 4 is 50.8 Å². The summed E-state index contributed by atoms with van der Waals surface area (Å²) in [5.74, 6) is -0.163. The Morgan fingerprint density at radius 1 is 1.03 bits per heavy atom. The smallest absolute Gasteiger partial charge is 0.281 e. The zero-order chi connectivity index (χ0) is 23.9. The van der Waals surface area contributed by atoms with Crippen molar-refractivity contribution in [2.45, 2.75) is 0 Å². The fraction of sp³-hybridized carbons (Fsp3) is 0.0417. The van der Waals surface area contributed by atoms with Gasteiger partial charge in [0.2, 0.25) is 0 Å². The first-order valence-corrected chi connectivity index (χ1v) is 10.9. The first kappa shape index (κ1) is 22.6. The van der Waals surface area contributed by atoms with Crippen molar-refractivity contribution in [2.75, 3.05) is 11.9 Å². The highest BCUT2D eigenvalue weighted by molar-refractivity contribution is 7.20. The Bertz CT molecular complexity index is 1370.